The van der Waals surface area contributed by atoms with Crippen LogP contribution >= 0.6 is 0 Å². The van der Waals surface area contributed by atoms with Gasteiger partial charge in [-0.05, 0) is 56.0 Å². The number of pyridine rings is 1. The zero-order chi connectivity index (χ0) is 41.7. The van der Waals surface area contributed by atoms with E-state index in [9.17, 15) is 9.18 Å². The largest absolute Gasteiger partial charge is 0.378 e. The van der Waals surface area contributed by atoms with Crippen LogP contribution in [-0.4, -0.2) is 91.2 Å². The Morgan fingerprint density at radius 1 is 0.983 bits per heavy atom. The number of carbonyl (C=O) groups excluding carboxylic acids is 1. The summed E-state index contributed by atoms with van der Waals surface area (Å²) in [6, 6.07) is 10.8. The molecule has 2 bridgehead atoms. The molecule has 16 heteroatoms. The maximum absolute atomic E-state index is 15.2. The van der Waals surface area contributed by atoms with E-state index >= 15 is 8.78 Å². The monoisotopic (exact) mass is 799 g/mol. The number of amides is 1. The summed E-state index contributed by atoms with van der Waals surface area (Å²) >= 11 is 0. The molecule has 0 saturated heterocycles. The molecule has 0 spiro atoms. The minimum absolute atomic E-state index is 0.00240. The predicted octanol–water partition coefficient (Wildman–Crippen LogP) is 7.97. The lowest BCUT2D eigenvalue weighted by molar-refractivity contribution is -0.133. The fourth-order valence-electron chi connectivity index (χ4n) is 6.94. The Morgan fingerprint density at radius 3 is 2.47 bits per heavy atom. The molecule has 0 fully saturated rings. The number of nitrogens with zero attached hydrogens (tertiary/aromatic N) is 9. The molecule has 58 heavy (non-hydrogen) atoms. The lowest BCUT2D eigenvalue weighted by Gasteiger charge is -2.35. The second kappa shape index (κ2) is 18.2. The first-order chi connectivity index (χ1) is 27.8. The molecule has 2 aromatic carbocycles. The Morgan fingerprint density at radius 2 is 1.76 bits per heavy atom. The lowest BCUT2D eigenvalue weighted by atomic mass is 10.1. The highest BCUT2D eigenvalue weighted by Crippen LogP contribution is 2.33. The summed E-state index contributed by atoms with van der Waals surface area (Å²) < 4.78 is 53.4. The molecule has 1 aliphatic rings. The second-order valence-corrected chi connectivity index (χ2v) is 15.1. The van der Waals surface area contributed by atoms with E-state index < -0.39 is 29.6 Å². The molecule has 0 aliphatic carbocycles. The minimum Gasteiger partial charge on any atom is -0.378 e. The van der Waals surface area contributed by atoms with Gasteiger partial charge >= 0.3 is 0 Å². The van der Waals surface area contributed by atoms with E-state index in [0.29, 0.717) is 64.6 Å². The maximum Gasteiger partial charge on any atom is 0.245 e. The smallest absolute Gasteiger partial charge is 0.245 e. The van der Waals surface area contributed by atoms with Crippen LogP contribution in [0, 0.1) is 30.3 Å². The van der Waals surface area contributed by atoms with E-state index in [1.54, 1.807) is 25.1 Å². The molecule has 2 atom stereocenters. The number of methoxy groups -OCH3 is 1. The first kappa shape index (κ1) is 41.9. The number of imidazole rings is 1. The molecule has 4 aromatic heterocycles. The van der Waals surface area contributed by atoms with Gasteiger partial charge in [0.25, 0.3) is 0 Å². The van der Waals surface area contributed by atoms with Gasteiger partial charge in [0.1, 0.15) is 40.8 Å². The number of halogens is 3. The van der Waals surface area contributed by atoms with Gasteiger partial charge in [0.2, 0.25) is 11.9 Å². The molecule has 13 nitrogen and oxygen atoms in total. The van der Waals surface area contributed by atoms with Crippen molar-refractivity contribution in [2.75, 3.05) is 49.4 Å². The number of hydrogen-bond donors (Lipinski definition) is 2. The number of benzene rings is 2. The van der Waals surface area contributed by atoms with Crippen LogP contribution in [0.25, 0.3) is 39.0 Å². The number of likely N-dealkylation sites (N-methyl/N-ethyl adjacent to an activating group) is 1. The number of anilines is 3. The van der Waals surface area contributed by atoms with E-state index in [-0.39, 0.29) is 36.4 Å². The SMILES string of the molecule is CC(C)C.CCCCNc1nc(N2CNc3cccc(n3)-c3cc(F)cc4nc(C)n(c34)CC(OC)CN(C)C(=O)C2CC)c2cnn(-c3ccc(F)cc3F)c2n1. The summed E-state index contributed by atoms with van der Waals surface area (Å²) in [7, 11) is 3.32. The van der Waals surface area contributed by atoms with Crippen molar-refractivity contribution in [3.8, 4) is 16.9 Å². The van der Waals surface area contributed by atoms with Gasteiger partial charge in [-0.1, -0.05) is 47.1 Å². The first-order valence-corrected chi connectivity index (χ1v) is 19.7. The zero-order valence-electron chi connectivity index (χ0n) is 34.4. The van der Waals surface area contributed by atoms with Crippen LogP contribution in [0.15, 0.2) is 54.7 Å². The minimum atomic E-state index is -0.813. The van der Waals surface area contributed by atoms with Crippen LogP contribution in [0.1, 0.15) is 59.7 Å². The van der Waals surface area contributed by atoms with Crippen LogP contribution in [0.5, 0.6) is 0 Å². The number of nitrogens with one attached hydrogen (secondary N) is 2. The van der Waals surface area contributed by atoms with Crippen LogP contribution in [-0.2, 0) is 16.1 Å². The van der Waals surface area contributed by atoms with E-state index in [0.717, 1.165) is 30.9 Å². The molecule has 5 heterocycles. The molecular weight excluding hydrogens is 748 g/mol. The molecule has 0 saturated carbocycles. The first-order valence-electron chi connectivity index (χ1n) is 19.7. The third kappa shape index (κ3) is 9.01. The van der Waals surface area contributed by atoms with Crippen molar-refractivity contribution in [1.82, 2.24) is 39.2 Å². The van der Waals surface area contributed by atoms with Crippen LogP contribution < -0.4 is 15.5 Å². The van der Waals surface area contributed by atoms with Gasteiger partial charge in [-0.2, -0.15) is 15.1 Å². The van der Waals surface area contributed by atoms with Gasteiger partial charge < -0.3 is 29.7 Å². The number of unbranched alkanes of at least 4 members (excludes halogenated alkanes) is 1. The molecule has 6 aromatic rings. The summed E-state index contributed by atoms with van der Waals surface area (Å²) in [6.45, 7) is 13.5. The van der Waals surface area contributed by atoms with E-state index in [1.165, 1.54) is 29.1 Å². The van der Waals surface area contributed by atoms with Crippen molar-refractivity contribution < 1.29 is 22.7 Å². The summed E-state index contributed by atoms with van der Waals surface area (Å²) in [5.74, 6) is 0.410. The van der Waals surface area contributed by atoms with Crippen LogP contribution in [0.3, 0.4) is 0 Å². The maximum atomic E-state index is 15.2. The number of rotatable bonds is 8. The molecule has 2 N–H and O–H groups in total. The average Bonchev–Trinajstić information content (AvgIpc) is 3.74. The number of aromatic nitrogens is 7. The molecule has 7 rings (SSSR count). The van der Waals surface area contributed by atoms with Gasteiger partial charge in [0, 0.05) is 44.9 Å². The summed E-state index contributed by atoms with van der Waals surface area (Å²) in [5, 5.41) is 11.6. The third-order valence-corrected chi connectivity index (χ3v) is 9.71. The number of carbonyl (C=O) groups is 1. The predicted molar refractivity (Wildman–Crippen MR) is 222 cm³/mol. The molecular formula is C42H52F3N11O2. The highest BCUT2D eigenvalue weighted by Gasteiger charge is 2.32. The Hall–Kier alpha value is -5.77. The standard InChI is InChI=1S/C38H42F3N11O2.C4H10/c1-6-8-14-42-38-47-35(27-18-44-52(36(27)48-38)32-13-12-23(39)16-28(32)41)51-21-43-33-11-9-10-29(46-33)26-15-24(40)17-30-34(26)50(22(3)45-30)20-25(54-5)19-49(4)37(53)31(51)7-2;1-4(2)3/h9-13,15-18,25,31H,6-8,14,19-21H2,1-5H3,(H,43,46)(H,42,47,48);4H,1-3H3. The van der Waals surface area contributed by atoms with Crippen molar-refractivity contribution in [1.29, 1.82) is 0 Å². The number of ether oxygens (including phenoxy) is 1. The van der Waals surface area contributed by atoms with Crippen molar-refractivity contribution in [2.45, 2.75) is 79.5 Å². The fraction of sp³-hybridized carbons (Fsp3) is 0.429. The number of aryl methyl sites for hydroxylation is 1. The second-order valence-electron chi connectivity index (χ2n) is 15.1. The van der Waals surface area contributed by atoms with Crippen LogP contribution in [0.4, 0.5) is 30.8 Å². The average molecular weight is 800 g/mol. The highest BCUT2D eigenvalue weighted by atomic mass is 19.1. The molecule has 0 radical (unpaired) electrons. The van der Waals surface area contributed by atoms with E-state index in [2.05, 4.69) is 48.4 Å². The fourth-order valence-corrected chi connectivity index (χ4v) is 6.94. The van der Waals surface area contributed by atoms with E-state index in [4.69, 9.17) is 19.7 Å². The van der Waals surface area contributed by atoms with Gasteiger partial charge in [-0.25, -0.2) is 27.8 Å². The lowest BCUT2D eigenvalue weighted by Crippen LogP contribution is -2.51. The summed E-state index contributed by atoms with van der Waals surface area (Å²) in [6.07, 6.45) is 3.21. The third-order valence-electron chi connectivity index (χ3n) is 9.71. The Kier molecular flexibility index (Phi) is 13.1. The van der Waals surface area contributed by atoms with Gasteiger partial charge in [-0.3, -0.25) is 4.79 Å². The Labute approximate surface area is 336 Å². The van der Waals surface area contributed by atoms with Crippen molar-refractivity contribution >= 4 is 45.6 Å². The Bertz CT molecular complexity index is 2380. The van der Waals surface area contributed by atoms with Gasteiger partial charge in [0.15, 0.2) is 11.5 Å². The molecule has 1 amide bonds. The molecule has 2 unspecified atom stereocenters. The van der Waals surface area contributed by atoms with Gasteiger partial charge in [-0.15, -0.1) is 0 Å². The molecule has 308 valence electrons. The normalized spacial score (nSPS) is 16.2. The van der Waals surface area contributed by atoms with Crippen LogP contribution in [0.2, 0.25) is 0 Å². The summed E-state index contributed by atoms with van der Waals surface area (Å²) in [4.78, 5) is 37.2. The quantitative estimate of drug-likeness (QED) is 0.146. The summed E-state index contributed by atoms with van der Waals surface area (Å²) in [5.41, 5.74) is 2.54. The van der Waals surface area contributed by atoms with Crippen molar-refractivity contribution in [3.05, 3.63) is 78.0 Å². The molecule has 1 aliphatic heterocycles. The van der Waals surface area contributed by atoms with E-state index in [1.807, 2.05) is 35.4 Å². The van der Waals surface area contributed by atoms with Gasteiger partial charge in [0.05, 0.1) is 47.6 Å². The zero-order valence-corrected chi connectivity index (χ0v) is 34.4. The highest BCUT2D eigenvalue weighted by molar-refractivity contribution is 5.94. The number of hydrogen-bond acceptors (Lipinski definition) is 10. The van der Waals surface area contributed by atoms with Crippen molar-refractivity contribution in [3.63, 3.8) is 0 Å². The van der Waals surface area contributed by atoms with Crippen molar-refractivity contribution in [2.24, 2.45) is 5.92 Å². The topological polar surface area (TPSA) is 131 Å². The number of fused-ring (bicyclic) bond motifs is 4. The Balaban J connectivity index is 0.00000135.